The first-order valence-electron chi connectivity index (χ1n) is 6.43. The highest BCUT2D eigenvalue weighted by molar-refractivity contribution is 7.60. The van der Waals surface area contributed by atoms with E-state index < -0.39 is 15.6 Å². The Balaban J connectivity index is 0. The standard InChI is InChI=1S/C5H15NO7P2.C5H14NO/c1-6(2,3)4-5-12-15(10,11)13-14(7,8)9;1-6(2,3)4-5-7/h4-5H2,1-3H3,(H2-,7,8,9,10,11);7H,4-5H2,1-3H3/q;+1/p+1. The molecule has 0 aliphatic carbocycles. The molecular weight excluding hydrogens is 338 g/mol. The summed E-state index contributed by atoms with van der Waals surface area (Å²) in [5.41, 5.74) is 0. The fourth-order valence-electron chi connectivity index (χ4n) is 0.888. The molecule has 136 valence electrons. The van der Waals surface area contributed by atoms with Crippen molar-refractivity contribution in [3.05, 3.63) is 0 Å². The fraction of sp³-hybridized carbons (Fsp3) is 1.00. The summed E-state index contributed by atoms with van der Waals surface area (Å²) in [6.45, 7) is 1.37. The number of aliphatic hydroxyl groups excluding tert-OH is 1. The van der Waals surface area contributed by atoms with E-state index in [9.17, 15) is 9.13 Å². The summed E-state index contributed by atoms with van der Waals surface area (Å²) in [7, 11) is 1.96. The first-order valence-corrected chi connectivity index (χ1v) is 9.46. The van der Waals surface area contributed by atoms with Gasteiger partial charge in [-0.25, -0.2) is 9.13 Å². The molecule has 0 bridgehead atoms. The van der Waals surface area contributed by atoms with Crippen LogP contribution in [-0.4, -0.2) is 97.3 Å². The minimum Gasteiger partial charge on any atom is -0.391 e. The number of rotatable bonds is 8. The zero-order valence-corrected chi connectivity index (χ0v) is 15.8. The van der Waals surface area contributed by atoms with Crippen LogP contribution in [-0.2, 0) is 18.0 Å². The lowest BCUT2D eigenvalue weighted by molar-refractivity contribution is -0.870. The minimum atomic E-state index is -5.01. The average molecular weight is 368 g/mol. The summed E-state index contributed by atoms with van der Waals surface area (Å²) in [5, 5.41) is 8.39. The third kappa shape index (κ3) is 22.4. The summed E-state index contributed by atoms with van der Waals surface area (Å²) in [6.07, 6.45) is 0. The molecule has 0 spiro atoms. The van der Waals surface area contributed by atoms with Crippen LogP contribution < -0.4 is 0 Å². The van der Waals surface area contributed by atoms with Crippen molar-refractivity contribution < 1.29 is 46.7 Å². The first-order chi connectivity index (χ1) is 9.47. The molecule has 4 N–H and O–H groups in total. The number of likely N-dealkylation sites (N-methyl/N-ethyl adjacent to an activating group) is 2. The maximum absolute atomic E-state index is 10.9. The van der Waals surface area contributed by atoms with Crippen molar-refractivity contribution in [3.63, 3.8) is 0 Å². The van der Waals surface area contributed by atoms with Crippen LogP contribution in [0.2, 0.25) is 0 Å². The number of quaternary nitrogens is 2. The molecule has 0 saturated carbocycles. The molecule has 22 heavy (non-hydrogen) atoms. The van der Waals surface area contributed by atoms with Crippen LogP contribution in [0.3, 0.4) is 0 Å². The quantitative estimate of drug-likeness (QED) is 0.336. The second kappa shape index (κ2) is 9.44. The van der Waals surface area contributed by atoms with Crippen LogP contribution in [0.25, 0.3) is 0 Å². The number of hydrogen-bond donors (Lipinski definition) is 4. The number of phosphoric ester groups is 1. The molecule has 1 unspecified atom stereocenters. The summed E-state index contributed by atoms with van der Waals surface area (Å²) >= 11 is 0. The zero-order chi connectivity index (χ0) is 18.2. The van der Waals surface area contributed by atoms with Gasteiger partial charge in [0.25, 0.3) is 0 Å². The van der Waals surface area contributed by atoms with Crippen molar-refractivity contribution in [2.45, 2.75) is 0 Å². The molecule has 0 aliphatic rings. The first kappa shape index (κ1) is 24.4. The Morgan fingerprint density at radius 3 is 1.50 bits per heavy atom. The third-order valence-electron chi connectivity index (χ3n) is 2.00. The van der Waals surface area contributed by atoms with Gasteiger partial charge in [0.05, 0.1) is 48.9 Å². The van der Waals surface area contributed by atoms with Crippen molar-refractivity contribution in [3.8, 4) is 0 Å². The van der Waals surface area contributed by atoms with E-state index >= 15 is 0 Å². The van der Waals surface area contributed by atoms with E-state index in [0.29, 0.717) is 11.0 Å². The normalized spacial score (nSPS) is 15.7. The average Bonchev–Trinajstić information content (AvgIpc) is 2.08. The summed E-state index contributed by atoms with van der Waals surface area (Å²) in [6, 6.07) is 0. The Hall–Kier alpha value is 0.140. The third-order valence-corrected chi connectivity index (χ3v) is 4.18. The van der Waals surface area contributed by atoms with Crippen LogP contribution in [0.1, 0.15) is 0 Å². The Morgan fingerprint density at radius 1 is 0.864 bits per heavy atom. The number of phosphoric acid groups is 2. The second-order valence-electron chi connectivity index (χ2n) is 6.63. The fourth-order valence-corrected chi connectivity index (χ4v) is 2.46. The Morgan fingerprint density at radius 2 is 1.27 bits per heavy atom. The Kier molecular flexibility index (Phi) is 10.5. The maximum Gasteiger partial charge on any atom is 0.481 e. The van der Waals surface area contributed by atoms with Gasteiger partial charge in [-0.15, -0.1) is 0 Å². The lowest BCUT2D eigenvalue weighted by Gasteiger charge is -2.23. The monoisotopic (exact) mass is 368 g/mol. The molecule has 12 heteroatoms. The van der Waals surface area contributed by atoms with Gasteiger partial charge in [0.2, 0.25) is 0 Å². The molecule has 0 aromatic heterocycles. The van der Waals surface area contributed by atoms with Gasteiger partial charge < -0.3 is 28.8 Å². The zero-order valence-electron chi connectivity index (χ0n) is 14.0. The van der Waals surface area contributed by atoms with Gasteiger partial charge in [0, 0.05) is 0 Å². The number of aliphatic hydroxyl groups is 1. The molecule has 0 aliphatic heterocycles. The van der Waals surface area contributed by atoms with Crippen LogP contribution in [0.5, 0.6) is 0 Å². The van der Waals surface area contributed by atoms with Crippen LogP contribution >= 0.6 is 15.6 Å². The summed E-state index contributed by atoms with van der Waals surface area (Å²) < 4.78 is 30.5. The van der Waals surface area contributed by atoms with Crippen LogP contribution in [0.4, 0.5) is 0 Å². The van der Waals surface area contributed by atoms with Crippen LogP contribution in [0, 0.1) is 0 Å². The second-order valence-corrected chi connectivity index (χ2v) is 9.46. The summed E-state index contributed by atoms with van der Waals surface area (Å²) in [5.74, 6) is 0. The van der Waals surface area contributed by atoms with Crippen molar-refractivity contribution in [1.82, 2.24) is 0 Å². The molecule has 0 saturated heterocycles. The van der Waals surface area contributed by atoms with E-state index in [-0.39, 0.29) is 13.2 Å². The molecule has 0 aromatic rings. The largest absolute Gasteiger partial charge is 0.481 e. The van der Waals surface area contributed by atoms with Gasteiger partial charge in [0.1, 0.15) is 19.7 Å². The van der Waals surface area contributed by atoms with Gasteiger partial charge >= 0.3 is 15.6 Å². The topological polar surface area (TPSA) is 134 Å². The molecule has 0 heterocycles. The lowest BCUT2D eigenvalue weighted by Crippen LogP contribution is -2.37. The Bertz CT molecular complexity index is 399. The van der Waals surface area contributed by atoms with Crippen LogP contribution in [0.15, 0.2) is 0 Å². The van der Waals surface area contributed by atoms with E-state index in [2.05, 4.69) is 30.0 Å². The molecule has 1 atom stereocenters. The summed E-state index contributed by atoms with van der Waals surface area (Å²) in [4.78, 5) is 25.4. The van der Waals surface area contributed by atoms with Gasteiger partial charge in [-0.05, 0) is 0 Å². The van der Waals surface area contributed by atoms with Crippen molar-refractivity contribution >= 4 is 15.6 Å². The highest BCUT2D eigenvalue weighted by Crippen LogP contribution is 2.57. The molecule has 0 rings (SSSR count). The molecule has 10 nitrogen and oxygen atoms in total. The maximum atomic E-state index is 10.9. The number of nitrogens with zero attached hydrogens (tertiary/aromatic N) is 2. The Labute approximate surface area is 131 Å². The molecule has 0 amide bonds. The van der Waals surface area contributed by atoms with Gasteiger partial charge in [-0.1, -0.05) is 0 Å². The smallest absolute Gasteiger partial charge is 0.391 e. The van der Waals surface area contributed by atoms with Gasteiger partial charge in [0.15, 0.2) is 0 Å². The number of hydrogen-bond acceptors (Lipinski definition) is 5. The minimum absolute atomic E-state index is 0.142. The molecule has 0 fully saturated rings. The van der Waals surface area contributed by atoms with E-state index in [1.807, 2.05) is 21.1 Å². The van der Waals surface area contributed by atoms with E-state index in [1.54, 1.807) is 0 Å². The highest BCUT2D eigenvalue weighted by atomic mass is 31.3. The van der Waals surface area contributed by atoms with E-state index in [4.69, 9.17) is 19.8 Å². The van der Waals surface area contributed by atoms with E-state index in [0.717, 1.165) is 11.0 Å². The highest BCUT2D eigenvalue weighted by Gasteiger charge is 2.32. The molecular formula is C10H30N2O8P2+2. The predicted molar refractivity (Wildman–Crippen MR) is 81.8 cm³/mol. The molecule has 0 radical (unpaired) electrons. The van der Waals surface area contributed by atoms with Gasteiger partial charge in [-0.3, -0.25) is 4.52 Å². The predicted octanol–water partition coefficient (Wildman–Crippen LogP) is -0.396. The lowest BCUT2D eigenvalue weighted by atomic mass is 10.5. The SMILES string of the molecule is C[N+](C)(C)CCO.C[N+](C)(C)CCOP(=O)(O)OP(=O)(O)O. The van der Waals surface area contributed by atoms with Crippen molar-refractivity contribution in [2.75, 3.05) is 68.6 Å². The van der Waals surface area contributed by atoms with Gasteiger partial charge in [-0.2, -0.15) is 4.31 Å². The van der Waals surface area contributed by atoms with Crippen molar-refractivity contribution in [2.24, 2.45) is 0 Å². The van der Waals surface area contributed by atoms with Crippen molar-refractivity contribution in [1.29, 1.82) is 0 Å². The molecule has 0 aromatic carbocycles. The van der Waals surface area contributed by atoms with E-state index in [1.165, 1.54) is 0 Å².